The molecule has 1 aromatic rings. The van der Waals surface area contributed by atoms with Gasteiger partial charge in [-0.1, -0.05) is 0 Å². The maximum atomic E-state index is 10.8. The van der Waals surface area contributed by atoms with Crippen molar-refractivity contribution in [2.24, 2.45) is 0 Å². The van der Waals surface area contributed by atoms with Crippen LogP contribution in [0.2, 0.25) is 0 Å². The Bertz CT molecular complexity index is 223. The average Bonchev–Trinajstić information content (AvgIpc) is 2.05. The Morgan fingerprint density at radius 3 is 2.82 bits per heavy atom. The lowest BCUT2D eigenvalue weighted by molar-refractivity contribution is 0.0600. The number of nitrogens with zero attached hydrogens (tertiary/aromatic N) is 2. The van der Waals surface area contributed by atoms with Crippen LogP contribution in [0.15, 0.2) is 24.5 Å². The van der Waals surface area contributed by atoms with E-state index >= 15 is 0 Å². The van der Waals surface area contributed by atoms with E-state index in [0.717, 1.165) is 0 Å². The molecular weight excluding hydrogens is 144 g/mol. The van der Waals surface area contributed by atoms with E-state index in [1.807, 2.05) is 0 Å². The monoisotopic (exact) mass is 151 g/mol. The Labute approximate surface area is 64.8 Å². The molecule has 0 saturated heterocycles. The van der Waals surface area contributed by atoms with Gasteiger partial charge >= 0.3 is 5.97 Å². The Morgan fingerprint density at radius 1 is 1.64 bits per heavy atom. The first kappa shape index (κ1) is 9.58. The molecule has 0 fully saturated rings. The van der Waals surface area contributed by atoms with Crippen molar-refractivity contribution in [1.82, 2.24) is 11.1 Å². The van der Waals surface area contributed by atoms with Crippen LogP contribution in [0, 0.1) is 0 Å². The molecule has 1 rings (SSSR count). The molecule has 1 aromatic heterocycles. The summed E-state index contributed by atoms with van der Waals surface area (Å²) in [7, 11) is 1.34. The molecule has 0 unspecified atom stereocenters. The highest BCUT2D eigenvalue weighted by atomic mass is 16.5. The van der Waals surface area contributed by atoms with Gasteiger partial charge < -0.3 is 4.74 Å². The number of hydrogen-bond donors (Lipinski definition) is 0. The van der Waals surface area contributed by atoms with Crippen LogP contribution in [-0.2, 0) is 4.74 Å². The van der Waals surface area contributed by atoms with E-state index in [0.29, 0.717) is 5.56 Å². The Morgan fingerprint density at radius 2 is 2.36 bits per heavy atom. The normalized spacial score (nSPS) is 8.09. The van der Waals surface area contributed by atoms with E-state index in [1.54, 1.807) is 18.3 Å². The fourth-order valence-electron chi connectivity index (χ4n) is 0.601. The summed E-state index contributed by atoms with van der Waals surface area (Å²) in [5.41, 5.74) is 0.477. The fraction of sp³-hybridized carbons (Fsp3) is 0.143. The SMILES string of the molecule is COC(=O)c1cccnc1.[N]. The Hall–Kier alpha value is -1.42. The van der Waals surface area contributed by atoms with Gasteiger partial charge in [0.25, 0.3) is 0 Å². The van der Waals surface area contributed by atoms with Gasteiger partial charge in [0.05, 0.1) is 12.7 Å². The van der Waals surface area contributed by atoms with Gasteiger partial charge in [0.2, 0.25) is 0 Å². The lowest BCUT2D eigenvalue weighted by Crippen LogP contribution is -2.00. The number of esters is 1. The van der Waals surface area contributed by atoms with Gasteiger partial charge in [-0.2, -0.15) is 0 Å². The van der Waals surface area contributed by atoms with Crippen LogP contribution >= 0.6 is 0 Å². The van der Waals surface area contributed by atoms with E-state index in [9.17, 15) is 4.79 Å². The zero-order chi connectivity index (χ0) is 7.40. The summed E-state index contributed by atoms with van der Waals surface area (Å²) >= 11 is 0. The number of methoxy groups -OCH3 is 1. The van der Waals surface area contributed by atoms with Crippen LogP contribution in [0.3, 0.4) is 0 Å². The highest BCUT2D eigenvalue weighted by Gasteiger charge is 2.01. The lowest BCUT2D eigenvalue weighted by Gasteiger charge is -1.94. The minimum atomic E-state index is -0.354. The second-order valence-electron chi connectivity index (χ2n) is 1.73. The summed E-state index contributed by atoms with van der Waals surface area (Å²) in [6.45, 7) is 0. The minimum Gasteiger partial charge on any atom is -0.465 e. The summed E-state index contributed by atoms with van der Waals surface area (Å²) in [6.07, 6.45) is 3.07. The molecule has 0 aliphatic heterocycles. The second-order valence-corrected chi connectivity index (χ2v) is 1.73. The molecule has 4 nitrogen and oxygen atoms in total. The van der Waals surface area contributed by atoms with Crippen molar-refractivity contribution in [2.75, 3.05) is 7.11 Å². The van der Waals surface area contributed by atoms with Gasteiger partial charge in [-0.05, 0) is 12.1 Å². The first-order valence-corrected chi connectivity index (χ1v) is 2.83. The highest BCUT2D eigenvalue weighted by molar-refractivity contribution is 5.88. The molecule has 0 N–H and O–H groups in total. The number of pyridine rings is 1. The maximum Gasteiger partial charge on any atom is 0.339 e. The zero-order valence-electron chi connectivity index (χ0n) is 6.02. The number of carbonyl (C=O) groups excluding carboxylic acids is 1. The first-order valence-electron chi connectivity index (χ1n) is 2.83. The number of hydrogen-bond acceptors (Lipinski definition) is 3. The van der Waals surface area contributed by atoms with Crippen molar-refractivity contribution >= 4 is 5.97 Å². The Kier molecular flexibility index (Phi) is 3.84. The summed E-state index contributed by atoms with van der Waals surface area (Å²) in [5, 5.41) is 0. The number of carbonyl (C=O) groups is 1. The van der Waals surface area contributed by atoms with Crippen LogP contribution in [0.5, 0.6) is 0 Å². The molecule has 3 radical (unpaired) electrons. The van der Waals surface area contributed by atoms with Gasteiger partial charge in [0.15, 0.2) is 0 Å². The quantitative estimate of drug-likeness (QED) is 0.545. The van der Waals surface area contributed by atoms with E-state index in [4.69, 9.17) is 0 Å². The van der Waals surface area contributed by atoms with Crippen molar-refractivity contribution in [3.8, 4) is 0 Å². The molecule has 0 bridgehead atoms. The number of ether oxygens (including phenoxy) is 1. The maximum absolute atomic E-state index is 10.8. The molecule has 1 heterocycles. The summed E-state index contributed by atoms with van der Waals surface area (Å²) < 4.78 is 4.46. The topological polar surface area (TPSA) is 69.7 Å². The van der Waals surface area contributed by atoms with Crippen molar-refractivity contribution in [3.05, 3.63) is 30.1 Å². The van der Waals surface area contributed by atoms with Crippen LogP contribution < -0.4 is 6.15 Å². The van der Waals surface area contributed by atoms with Gasteiger partial charge in [0.1, 0.15) is 0 Å². The van der Waals surface area contributed by atoms with E-state index in [-0.39, 0.29) is 12.1 Å². The van der Waals surface area contributed by atoms with Gasteiger partial charge in [-0.3, -0.25) is 4.98 Å². The number of aromatic nitrogens is 1. The van der Waals surface area contributed by atoms with Crippen LogP contribution in [0.1, 0.15) is 10.4 Å². The summed E-state index contributed by atoms with van der Waals surface area (Å²) in [4.78, 5) is 14.5. The van der Waals surface area contributed by atoms with Gasteiger partial charge in [-0.25, -0.2) is 4.79 Å². The first-order chi connectivity index (χ1) is 4.84. The smallest absolute Gasteiger partial charge is 0.339 e. The Balaban J connectivity index is 0.000001000. The second kappa shape index (κ2) is 4.40. The standard InChI is InChI=1S/C7H7NO2.N/c1-10-7(9)6-3-2-4-8-5-6;/h2-5H,1H3;. The fourth-order valence-corrected chi connectivity index (χ4v) is 0.601. The lowest BCUT2D eigenvalue weighted by atomic mass is 10.3. The molecule has 11 heavy (non-hydrogen) atoms. The van der Waals surface area contributed by atoms with Crippen molar-refractivity contribution < 1.29 is 9.53 Å². The average molecular weight is 151 g/mol. The van der Waals surface area contributed by atoms with E-state index in [1.165, 1.54) is 13.3 Å². The largest absolute Gasteiger partial charge is 0.465 e. The molecule has 4 heteroatoms. The number of rotatable bonds is 1. The molecule has 0 aliphatic rings. The minimum absolute atomic E-state index is 0. The molecule has 0 aromatic carbocycles. The highest BCUT2D eigenvalue weighted by Crippen LogP contribution is 1.96. The predicted octanol–water partition coefficient (Wildman–Crippen LogP) is 0.388. The zero-order valence-corrected chi connectivity index (χ0v) is 6.02. The third-order valence-electron chi connectivity index (χ3n) is 1.08. The van der Waals surface area contributed by atoms with Gasteiger partial charge in [0, 0.05) is 18.5 Å². The summed E-state index contributed by atoms with van der Waals surface area (Å²) in [6, 6.07) is 3.34. The predicted molar refractivity (Wildman–Crippen MR) is 37.7 cm³/mol. The third-order valence-corrected chi connectivity index (χ3v) is 1.08. The molecule has 0 spiro atoms. The van der Waals surface area contributed by atoms with E-state index in [2.05, 4.69) is 9.72 Å². The van der Waals surface area contributed by atoms with Crippen molar-refractivity contribution in [2.45, 2.75) is 0 Å². The molecule has 57 valence electrons. The molecule has 0 amide bonds. The summed E-state index contributed by atoms with van der Waals surface area (Å²) in [5.74, 6) is -0.354. The van der Waals surface area contributed by atoms with Crippen molar-refractivity contribution in [1.29, 1.82) is 0 Å². The van der Waals surface area contributed by atoms with Crippen LogP contribution in [-0.4, -0.2) is 18.1 Å². The molecule has 0 atom stereocenters. The van der Waals surface area contributed by atoms with Gasteiger partial charge in [-0.15, -0.1) is 0 Å². The van der Waals surface area contributed by atoms with Crippen molar-refractivity contribution in [3.63, 3.8) is 0 Å². The molecule has 0 aliphatic carbocycles. The molecule has 0 saturated carbocycles. The van der Waals surface area contributed by atoms with E-state index < -0.39 is 0 Å². The van der Waals surface area contributed by atoms with Crippen LogP contribution in [0.25, 0.3) is 0 Å². The third kappa shape index (κ3) is 2.35. The molecular formula is C7H7N2O2. The van der Waals surface area contributed by atoms with Crippen LogP contribution in [0.4, 0.5) is 0 Å².